The molecule has 0 saturated heterocycles. The van der Waals surface area contributed by atoms with Gasteiger partial charge in [-0.25, -0.2) is 4.98 Å². The molecule has 1 heterocycles. The molecule has 7 heteroatoms. The summed E-state index contributed by atoms with van der Waals surface area (Å²) < 4.78 is 17.9. The number of ketones is 1. The maximum atomic E-state index is 13.1. The first kappa shape index (κ1) is 32.3. The van der Waals surface area contributed by atoms with Crippen molar-refractivity contribution < 1.29 is 23.5 Å². The van der Waals surface area contributed by atoms with Gasteiger partial charge < -0.3 is 19.2 Å². The second-order valence-electron chi connectivity index (χ2n) is 10.6. The predicted molar refractivity (Wildman–Crippen MR) is 174 cm³/mol. The van der Waals surface area contributed by atoms with E-state index in [2.05, 4.69) is 17.2 Å². The molecular formula is C37H42N2O5. The Kier molecular flexibility index (Phi) is 12.4. The van der Waals surface area contributed by atoms with E-state index in [4.69, 9.17) is 13.9 Å². The molecule has 0 amide bonds. The summed E-state index contributed by atoms with van der Waals surface area (Å²) in [5.41, 5.74) is 3.65. The highest BCUT2D eigenvalue weighted by atomic mass is 16.6. The molecule has 1 aromatic heterocycles. The van der Waals surface area contributed by atoms with Crippen molar-refractivity contribution in [1.29, 1.82) is 0 Å². The number of ether oxygens (including phenoxy) is 2. The van der Waals surface area contributed by atoms with Crippen molar-refractivity contribution in [2.75, 3.05) is 11.9 Å². The highest BCUT2D eigenvalue weighted by Crippen LogP contribution is 2.37. The topological polar surface area (TPSA) is 90.7 Å². The van der Waals surface area contributed by atoms with Gasteiger partial charge in [0.2, 0.25) is 5.89 Å². The van der Waals surface area contributed by atoms with E-state index in [1.165, 1.54) is 6.42 Å². The minimum absolute atomic E-state index is 0.0842. The number of carbonyl (C=O) groups is 2. The summed E-state index contributed by atoms with van der Waals surface area (Å²) in [5.74, 6) is 1.56. The van der Waals surface area contributed by atoms with E-state index in [1.54, 1.807) is 31.2 Å². The largest absolute Gasteiger partial charge is 0.489 e. The molecule has 230 valence electrons. The lowest BCUT2D eigenvalue weighted by Gasteiger charge is -2.18. The monoisotopic (exact) mass is 594 g/mol. The summed E-state index contributed by atoms with van der Waals surface area (Å²) in [4.78, 5) is 30.3. The van der Waals surface area contributed by atoms with Crippen LogP contribution in [0.5, 0.6) is 11.5 Å². The average molecular weight is 595 g/mol. The molecule has 0 bridgehead atoms. The van der Waals surface area contributed by atoms with Crippen molar-refractivity contribution in [2.24, 2.45) is 0 Å². The van der Waals surface area contributed by atoms with Gasteiger partial charge in [-0.2, -0.15) is 0 Å². The number of aryl methyl sites for hydroxylation is 1. The van der Waals surface area contributed by atoms with Crippen LogP contribution in [-0.2, 0) is 11.2 Å². The molecule has 3 aromatic carbocycles. The number of oxazole rings is 1. The number of allylic oxidation sites excluding steroid dienone is 2. The zero-order chi connectivity index (χ0) is 31.1. The summed E-state index contributed by atoms with van der Waals surface area (Å²) in [6.07, 6.45) is 8.55. The van der Waals surface area contributed by atoms with Crippen LogP contribution in [0.1, 0.15) is 80.6 Å². The first-order chi connectivity index (χ1) is 21.5. The number of benzene rings is 3. The highest BCUT2D eigenvalue weighted by molar-refractivity contribution is 6.05. The fourth-order valence-electron chi connectivity index (χ4n) is 4.75. The molecule has 0 atom stereocenters. The van der Waals surface area contributed by atoms with E-state index in [-0.39, 0.29) is 18.2 Å². The van der Waals surface area contributed by atoms with Gasteiger partial charge in [0.25, 0.3) is 0 Å². The van der Waals surface area contributed by atoms with E-state index in [1.807, 2.05) is 67.6 Å². The number of nitrogens with zero attached hydrogens (tertiary/aromatic N) is 1. The molecule has 1 N–H and O–H groups in total. The van der Waals surface area contributed by atoms with Crippen molar-refractivity contribution >= 4 is 17.4 Å². The maximum absolute atomic E-state index is 13.1. The van der Waals surface area contributed by atoms with Gasteiger partial charge in [-0.05, 0) is 44.0 Å². The van der Waals surface area contributed by atoms with Crippen LogP contribution in [0.2, 0.25) is 0 Å². The lowest BCUT2D eigenvalue weighted by molar-refractivity contribution is -0.134. The molecule has 0 saturated carbocycles. The van der Waals surface area contributed by atoms with Gasteiger partial charge in [0.05, 0.1) is 18.0 Å². The third kappa shape index (κ3) is 9.43. The summed E-state index contributed by atoms with van der Waals surface area (Å²) in [6, 6.07) is 24.4. The van der Waals surface area contributed by atoms with E-state index >= 15 is 0 Å². The number of para-hydroxylation sites is 1. The van der Waals surface area contributed by atoms with Gasteiger partial charge in [-0.3, -0.25) is 9.59 Å². The Hall–Kier alpha value is -4.65. The average Bonchev–Trinajstić information content (AvgIpc) is 3.42. The first-order valence-corrected chi connectivity index (χ1v) is 15.5. The normalized spacial score (nSPS) is 11.3. The van der Waals surface area contributed by atoms with Gasteiger partial charge in [0.15, 0.2) is 17.3 Å². The number of hydrogen-bond donors (Lipinski definition) is 1. The molecule has 0 aliphatic heterocycles. The molecule has 0 radical (unpaired) electrons. The number of nitrogens with one attached hydrogen (secondary N) is 1. The van der Waals surface area contributed by atoms with Gasteiger partial charge in [0, 0.05) is 35.7 Å². The molecule has 4 rings (SSSR count). The fourth-order valence-corrected chi connectivity index (χ4v) is 4.75. The van der Waals surface area contributed by atoms with Crippen LogP contribution in [0, 0.1) is 6.92 Å². The molecule has 0 aliphatic carbocycles. The van der Waals surface area contributed by atoms with Gasteiger partial charge >= 0.3 is 5.97 Å². The molecule has 0 spiro atoms. The summed E-state index contributed by atoms with van der Waals surface area (Å²) in [6.45, 7) is 6.13. The van der Waals surface area contributed by atoms with Crippen molar-refractivity contribution in [3.8, 4) is 23.0 Å². The minimum atomic E-state index is -0.380. The standard InChI is InChI=1S/C37H42N2O5/c1-4-6-7-8-15-21-30(26-33(40)28-17-11-9-12-18-28)38-32-22-16-23-34(36(32)44-35(41)5-2)42-25-24-31-27(3)43-37(39-31)29-19-13-10-14-20-29/h9-14,16-20,22-23,26,38H,4-8,15,21,24-25H2,1-3H3/b30-26+. The Morgan fingerprint density at radius 1 is 0.886 bits per heavy atom. The molecule has 0 fully saturated rings. The lowest BCUT2D eigenvalue weighted by Crippen LogP contribution is -2.12. The number of rotatable bonds is 17. The Balaban J connectivity index is 1.53. The number of hydrogen-bond acceptors (Lipinski definition) is 7. The molecule has 0 aliphatic rings. The van der Waals surface area contributed by atoms with Crippen molar-refractivity contribution in [2.45, 2.75) is 72.1 Å². The third-order valence-corrected chi connectivity index (χ3v) is 7.20. The van der Waals surface area contributed by atoms with Crippen molar-refractivity contribution in [3.63, 3.8) is 0 Å². The van der Waals surface area contributed by atoms with Crippen LogP contribution in [0.3, 0.4) is 0 Å². The summed E-state index contributed by atoms with van der Waals surface area (Å²) >= 11 is 0. The summed E-state index contributed by atoms with van der Waals surface area (Å²) in [5, 5.41) is 3.40. The fraction of sp³-hybridized carbons (Fsp3) is 0.324. The quantitative estimate of drug-likeness (QED) is 0.0428. The lowest BCUT2D eigenvalue weighted by atomic mass is 10.1. The van der Waals surface area contributed by atoms with Crippen LogP contribution in [0.25, 0.3) is 11.5 Å². The molecule has 4 aromatic rings. The van der Waals surface area contributed by atoms with E-state index in [0.29, 0.717) is 48.1 Å². The molecule has 0 unspecified atom stereocenters. The maximum Gasteiger partial charge on any atom is 0.311 e. The van der Waals surface area contributed by atoms with Crippen molar-refractivity contribution in [3.05, 3.63) is 108 Å². The Labute approximate surface area is 260 Å². The third-order valence-electron chi connectivity index (χ3n) is 7.20. The Bertz CT molecular complexity index is 1530. The highest BCUT2D eigenvalue weighted by Gasteiger charge is 2.18. The van der Waals surface area contributed by atoms with Crippen LogP contribution in [0.4, 0.5) is 5.69 Å². The smallest absolute Gasteiger partial charge is 0.311 e. The molecular weight excluding hydrogens is 552 g/mol. The van der Waals surface area contributed by atoms with Crippen LogP contribution in [-0.4, -0.2) is 23.3 Å². The first-order valence-electron chi connectivity index (χ1n) is 15.5. The number of esters is 1. The Morgan fingerprint density at radius 3 is 2.34 bits per heavy atom. The second-order valence-corrected chi connectivity index (χ2v) is 10.6. The zero-order valence-corrected chi connectivity index (χ0v) is 25.9. The zero-order valence-electron chi connectivity index (χ0n) is 25.9. The molecule has 44 heavy (non-hydrogen) atoms. The number of aromatic nitrogens is 1. The summed E-state index contributed by atoms with van der Waals surface area (Å²) in [7, 11) is 0. The Morgan fingerprint density at radius 2 is 1.61 bits per heavy atom. The van der Waals surface area contributed by atoms with Gasteiger partial charge in [-0.1, -0.05) is 94.1 Å². The van der Waals surface area contributed by atoms with E-state index in [0.717, 1.165) is 48.4 Å². The van der Waals surface area contributed by atoms with Crippen LogP contribution < -0.4 is 14.8 Å². The van der Waals surface area contributed by atoms with Crippen LogP contribution >= 0.6 is 0 Å². The number of unbranched alkanes of at least 4 members (excludes halogenated alkanes) is 4. The van der Waals surface area contributed by atoms with Gasteiger partial charge in [-0.15, -0.1) is 0 Å². The van der Waals surface area contributed by atoms with Gasteiger partial charge in [0.1, 0.15) is 5.76 Å². The predicted octanol–water partition coefficient (Wildman–Crippen LogP) is 9.13. The minimum Gasteiger partial charge on any atom is -0.489 e. The van der Waals surface area contributed by atoms with E-state index in [9.17, 15) is 9.59 Å². The second kappa shape index (κ2) is 16.8. The molecule has 7 nitrogen and oxygen atoms in total. The van der Waals surface area contributed by atoms with Crippen LogP contribution in [0.15, 0.2) is 95.1 Å². The number of carbonyl (C=O) groups excluding carboxylic acids is 2. The van der Waals surface area contributed by atoms with E-state index < -0.39 is 0 Å². The van der Waals surface area contributed by atoms with Crippen molar-refractivity contribution in [1.82, 2.24) is 4.98 Å². The SMILES string of the molecule is CCCCCCC/C(=C\C(=O)c1ccccc1)Nc1cccc(OCCc2nc(-c3ccccc3)oc2C)c1OC(=O)CC. The number of anilines is 1.